The summed E-state index contributed by atoms with van der Waals surface area (Å²) in [7, 11) is 5.92. The third-order valence-corrected chi connectivity index (χ3v) is 12.5. The standard InChI is InChI=1S/C57H107NO8/c1-6-8-10-12-14-16-18-20-21-22-23-24-25-26-27-28-29-30-31-32-33-34-35-36-38-40-42-44-46-48-55(60)66-53(52-65-57(56(61)62)63-50-49-58(3,4)5)51-64-54(59)47-45-43-41-39-37-19-17-15-13-11-9-7-2/h18,20,22-23,53,57H,6-17,19,21,24-52H2,1-5H3/b20-18-,23-22-. The Kier molecular flexibility index (Phi) is 47.5. The van der Waals surface area contributed by atoms with Gasteiger partial charge in [-0.3, -0.25) is 9.59 Å². The molecule has 9 nitrogen and oxygen atoms in total. The van der Waals surface area contributed by atoms with Gasteiger partial charge in [0.25, 0.3) is 0 Å². The van der Waals surface area contributed by atoms with Crippen LogP contribution in [-0.4, -0.2) is 82.3 Å². The van der Waals surface area contributed by atoms with Crippen molar-refractivity contribution < 1.29 is 42.9 Å². The number of aliphatic carboxylic acids is 1. The molecule has 0 fully saturated rings. The van der Waals surface area contributed by atoms with E-state index in [9.17, 15) is 19.5 Å². The molecule has 0 saturated carbocycles. The molecule has 0 aromatic rings. The van der Waals surface area contributed by atoms with Crippen molar-refractivity contribution in [2.75, 3.05) is 47.5 Å². The summed E-state index contributed by atoms with van der Waals surface area (Å²) in [6.45, 7) is 4.76. The first-order chi connectivity index (χ1) is 32.1. The number of carbonyl (C=O) groups is 3. The minimum atomic E-state index is -1.62. The third-order valence-electron chi connectivity index (χ3n) is 12.5. The molecule has 0 amide bonds. The normalized spacial score (nSPS) is 12.9. The fraction of sp³-hybridized carbons (Fsp3) is 0.877. The van der Waals surface area contributed by atoms with Gasteiger partial charge in [-0.05, 0) is 44.9 Å². The number of carboxylic acid groups (broad SMARTS) is 1. The van der Waals surface area contributed by atoms with Gasteiger partial charge in [-0.25, -0.2) is 0 Å². The zero-order valence-electron chi connectivity index (χ0n) is 44.1. The number of allylic oxidation sites excluding steroid dienone is 4. The van der Waals surface area contributed by atoms with E-state index < -0.39 is 24.3 Å². The van der Waals surface area contributed by atoms with Crippen LogP contribution in [0.25, 0.3) is 0 Å². The Morgan fingerprint density at radius 1 is 0.455 bits per heavy atom. The highest BCUT2D eigenvalue weighted by molar-refractivity contribution is 5.70. The number of quaternary nitrogens is 1. The second kappa shape index (κ2) is 49.2. The van der Waals surface area contributed by atoms with E-state index in [1.54, 1.807) is 0 Å². The number of esters is 2. The summed E-state index contributed by atoms with van der Waals surface area (Å²) in [6.07, 6.45) is 53.7. The van der Waals surface area contributed by atoms with Crippen molar-refractivity contribution >= 4 is 17.9 Å². The van der Waals surface area contributed by atoms with Crippen LogP contribution >= 0.6 is 0 Å². The van der Waals surface area contributed by atoms with Gasteiger partial charge in [0.05, 0.1) is 40.3 Å². The Balaban J connectivity index is 4.11. The van der Waals surface area contributed by atoms with Crippen molar-refractivity contribution in [3.63, 3.8) is 0 Å². The molecule has 0 bridgehead atoms. The number of likely N-dealkylation sites (N-methyl/N-ethyl adjacent to an activating group) is 1. The average molecular weight is 934 g/mol. The number of carbonyl (C=O) groups excluding carboxylic acids is 3. The monoisotopic (exact) mass is 934 g/mol. The fourth-order valence-corrected chi connectivity index (χ4v) is 8.10. The van der Waals surface area contributed by atoms with Gasteiger partial charge in [0.1, 0.15) is 13.2 Å². The summed E-state index contributed by atoms with van der Waals surface area (Å²) < 4.78 is 22.6. The molecular formula is C57H107NO8. The number of unbranched alkanes of at least 4 members (excludes halogenated alkanes) is 33. The van der Waals surface area contributed by atoms with E-state index >= 15 is 0 Å². The van der Waals surface area contributed by atoms with E-state index in [0.717, 1.165) is 44.9 Å². The maximum Gasteiger partial charge on any atom is 0.306 e. The Bertz CT molecular complexity index is 1130. The molecule has 9 heteroatoms. The molecule has 0 spiro atoms. The van der Waals surface area contributed by atoms with Crippen molar-refractivity contribution in [1.29, 1.82) is 0 Å². The van der Waals surface area contributed by atoms with Crippen molar-refractivity contribution in [2.24, 2.45) is 0 Å². The first-order valence-electron chi connectivity index (χ1n) is 28.0. The van der Waals surface area contributed by atoms with Gasteiger partial charge in [0.2, 0.25) is 0 Å². The lowest BCUT2D eigenvalue weighted by atomic mass is 10.0. The maximum atomic E-state index is 12.8. The number of hydrogen-bond donors (Lipinski definition) is 0. The molecule has 0 aliphatic carbocycles. The van der Waals surface area contributed by atoms with E-state index in [2.05, 4.69) is 38.2 Å². The predicted octanol–water partition coefficient (Wildman–Crippen LogP) is 14.6. The van der Waals surface area contributed by atoms with E-state index in [-0.39, 0.29) is 32.2 Å². The quantitative estimate of drug-likeness (QED) is 0.0195. The smallest absolute Gasteiger partial charge is 0.306 e. The minimum absolute atomic E-state index is 0.151. The first kappa shape index (κ1) is 63.8. The molecular weight excluding hydrogens is 827 g/mol. The largest absolute Gasteiger partial charge is 0.545 e. The van der Waals surface area contributed by atoms with Crippen LogP contribution in [0.3, 0.4) is 0 Å². The lowest BCUT2D eigenvalue weighted by Gasteiger charge is -2.26. The Labute approximate surface area is 407 Å². The number of carboxylic acids is 1. The van der Waals surface area contributed by atoms with Crippen LogP contribution in [0.5, 0.6) is 0 Å². The van der Waals surface area contributed by atoms with E-state index in [1.807, 2.05) is 21.1 Å². The van der Waals surface area contributed by atoms with Crippen LogP contribution in [0.2, 0.25) is 0 Å². The number of ether oxygens (including phenoxy) is 4. The summed E-state index contributed by atoms with van der Waals surface area (Å²) in [5, 5.41) is 11.7. The molecule has 0 aromatic heterocycles. The summed E-state index contributed by atoms with van der Waals surface area (Å²) in [4.78, 5) is 37.1. The summed E-state index contributed by atoms with van der Waals surface area (Å²) >= 11 is 0. The molecule has 0 aliphatic rings. The van der Waals surface area contributed by atoms with Crippen molar-refractivity contribution in [3.05, 3.63) is 24.3 Å². The van der Waals surface area contributed by atoms with Crippen molar-refractivity contribution in [1.82, 2.24) is 0 Å². The van der Waals surface area contributed by atoms with E-state index in [0.29, 0.717) is 17.4 Å². The summed E-state index contributed by atoms with van der Waals surface area (Å²) in [5.41, 5.74) is 0. The van der Waals surface area contributed by atoms with Crippen LogP contribution in [-0.2, 0) is 33.3 Å². The lowest BCUT2D eigenvalue weighted by molar-refractivity contribution is -0.870. The van der Waals surface area contributed by atoms with Crippen molar-refractivity contribution in [2.45, 2.75) is 277 Å². The van der Waals surface area contributed by atoms with Gasteiger partial charge in [0.15, 0.2) is 12.4 Å². The zero-order valence-corrected chi connectivity index (χ0v) is 44.1. The molecule has 2 unspecified atom stereocenters. The lowest BCUT2D eigenvalue weighted by Crippen LogP contribution is -2.44. The highest BCUT2D eigenvalue weighted by Gasteiger charge is 2.22. The molecule has 0 heterocycles. The fourth-order valence-electron chi connectivity index (χ4n) is 8.10. The van der Waals surface area contributed by atoms with Gasteiger partial charge >= 0.3 is 11.9 Å². The Morgan fingerprint density at radius 3 is 1.20 bits per heavy atom. The average Bonchev–Trinajstić information content (AvgIpc) is 3.28. The highest BCUT2D eigenvalue weighted by atomic mass is 16.7. The van der Waals surface area contributed by atoms with Crippen molar-refractivity contribution in [3.8, 4) is 0 Å². The van der Waals surface area contributed by atoms with Gasteiger partial charge in [0, 0.05) is 12.8 Å². The summed E-state index contributed by atoms with van der Waals surface area (Å²) in [5.74, 6) is -2.27. The van der Waals surface area contributed by atoms with Gasteiger partial charge in [-0.2, -0.15) is 0 Å². The van der Waals surface area contributed by atoms with Crippen LogP contribution in [0.15, 0.2) is 24.3 Å². The van der Waals surface area contributed by atoms with Crippen LogP contribution < -0.4 is 5.11 Å². The summed E-state index contributed by atoms with van der Waals surface area (Å²) in [6, 6.07) is 0. The van der Waals surface area contributed by atoms with Crippen LogP contribution in [0.4, 0.5) is 0 Å². The second-order valence-corrected chi connectivity index (χ2v) is 20.2. The molecule has 0 aliphatic heterocycles. The molecule has 0 rings (SSSR count). The van der Waals surface area contributed by atoms with Gasteiger partial charge in [-0.1, -0.05) is 231 Å². The molecule has 388 valence electrons. The molecule has 66 heavy (non-hydrogen) atoms. The molecule has 2 atom stereocenters. The van der Waals surface area contributed by atoms with E-state index in [1.165, 1.54) is 193 Å². The third kappa shape index (κ3) is 49.7. The molecule has 0 radical (unpaired) electrons. The molecule has 0 saturated heterocycles. The highest BCUT2D eigenvalue weighted by Crippen LogP contribution is 2.17. The number of hydrogen-bond acceptors (Lipinski definition) is 8. The number of nitrogens with zero attached hydrogens (tertiary/aromatic N) is 1. The molecule has 0 aromatic carbocycles. The van der Waals surface area contributed by atoms with Crippen LogP contribution in [0, 0.1) is 0 Å². The first-order valence-corrected chi connectivity index (χ1v) is 28.0. The maximum absolute atomic E-state index is 12.8. The Morgan fingerprint density at radius 2 is 0.818 bits per heavy atom. The minimum Gasteiger partial charge on any atom is -0.545 e. The topological polar surface area (TPSA) is 111 Å². The SMILES string of the molecule is CCCCCCC/C=C\C/C=C\CCCCCCCCCCCCCCCCCCCC(=O)OC(COC(=O)CCCCCCCCCCCCCC)COC(OCC[N+](C)(C)C)C(=O)[O-]. The molecule has 0 N–H and O–H groups in total. The van der Waals surface area contributed by atoms with Gasteiger partial charge in [-0.15, -0.1) is 0 Å². The second-order valence-electron chi connectivity index (χ2n) is 20.2. The Hall–Kier alpha value is -2.23. The zero-order chi connectivity index (χ0) is 48.4. The number of rotatable bonds is 52. The van der Waals surface area contributed by atoms with Crippen LogP contribution in [0.1, 0.15) is 264 Å². The predicted molar refractivity (Wildman–Crippen MR) is 274 cm³/mol. The van der Waals surface area contributed by atoms with Gasteiger partial charge < -0.3 is 33.3 Å². The van der Waals surface area contributed by atoms with E-state index in [4.69, 9.17) is 18.9 Å².